The van der Waals surface area contributed by atoms with Crippen molar-refractivity contribution in [3.8, 4) is 0 Å². The summed E-state index contributed by atoms with van der Waals surface area (Å²) < 4.78 is 18.8. The number of anilines is 1. The van der Waals surface area contributed by atoms with Gasteiger partial charge in [0.2, 0.25) is 0 Å². The molecule has 1 saturated heterocycles. The topological polar surface area (TPSA) is 88.0 Å². The van der Waals surface area contributed by atoms with Crippen molar-refractivity contribution >= 4 is 17.4 Å². The van der Waals surface area contributed by atoms with E-state index >= 15 is 0 Å². The van der Waals surface area contributed by atoms with E-state index in [-0.39, 0.29) is 11.7 Å². The van der Waals surface area contributed by atoms with E-state index < -0.39 is 10.7 Å². The molecular formula is C21H25FN4O4. The van der Waals surface area contributed by atoms with Crippen LogP contribution in [0.2, 0.25) is 0 Å². The standard InChI is InChI=1S/C21H25FN4O4/c22-18-3-1-4-19(15-18)23-21(27)25(10-2-9-24-11-13-30-14-12-24)16-17-5-7-20(8-6-17)26(28)29/h1,3-8,15H,2,9-14,16H2,(H,23,27). The van der Waals surface area contributed by atoms with Gasteiger partial charge in [-0.2, -0.15) is 0 Å². The maximum Gasteiger partial charge on any atom is 0.322 e. The summed E-state index contributed by atoms with van der Waals surface area (Å²) in [6.07, 6.45) is 0.767. The molecule has 9 heteroatoms. The molecule has 0 saturated carbocycles. The van der Waals surface area contributed by atoms with Crippen LogP contribution in [0.1, 0.15) is 12.0 Å². The van der Waals surface area contributed by atoms with Crippen molar-refractivity contribution in [3.63, 3.8) is 0 Å². The van der Waals surface area contributed by atoms with Crippen LogP contribution in [0.5, 0.6) is 0 Å². The maximum absolute atomic E-state index is 13.4. The Kier molecular flexibility index (Phi) is 7.69. The van der Waals surface area contributed by atoms with E-state index in [1.165, 1.54) is 30.3 Å². The van der Waals surface area contributed by atoms with Crippen LogP contribution < -0.4 is 5.32 Å². The Morgan fingerprint density at radius 3 is 2.60 bits per heavy atom. The molecule has 3 rings (SSSR count). The van der Waals surface area contributed by atoms with Crippen LogP contribution in [-0.4, -0.2) is 60.1 Å². The number of nitro groups is 1. The summed E-state index contributed by atoms with van der Waals surface area (Å²) in [6, 6.07) is 11.5. The van der Waals surface area contributed by atoms with E-state index in [2.05, 4.69) is 10.2 Å². The van der Waals surface area contributed by atoms with Crippen LogP contribution in [0.3, 0.4) is 0 Å². The number of hydrogen-bond acceptors (Lipinski definition) is 5. The summed E-state index contributed by atoms with van der Waals surface area (Å²) in [5.74, 6) is -0.429. The Morgan fingerprint density at radius 2 is 1.93 bits per heavy atom. The fourth-order valence-electron chi connectivity index (χ4n) is 3.27. The van der Waals surface area contributed by atoms with Gasteiger partial charge in [0.15, 0.2) is 0 Å². The lowest BCUT2D eigenvalue weighted by Crippen LogP contribution is -2.40. The van der Waals surface area contributed by atoms with E-state index in [4.69, 9.17) is 4.74 Å². The number of nitrogens with zero attached hydrogens (tertiary/aromatic N) is 3. The molecular weight excluding hydrogens is 391 g/mol. The SMILES string of the molecule is O=C(Nc1cccc(F)c1)N(CCCN1CCOCC1)Cc1ccc([N+](=O)[O-])cc1. The molecule has 160 valence electrons. The van der Waals surface area contributed by atoms with Crippen molar-refractivity contribution < 1.29 is 18.8 Å². The summed E-state index contributed by atoms with van der Waals surface area (Å²) in [5.41, 5.74) is 1.16. The third-order valence-corrected chi connectivity index (χ3v) is 4.89. The molecule has 0 spiro atoms. The molecule has 0 unspecified atom stereocenters. The van der Waals surface area contributed by atoms with Crippen molar-refractivity contribution in [1.29, 1.82) is 0 Å². The molecule has 1 aliphatic rings. The fourth-order valence-corrected chi connectivity index (χ4v) is 3.27. The lowest BCUT2D eigenvalue weighted by Gasteiger charge is -2.28. The second kappa shape index (κ2) is 10.7. The molecule has 0 bridgehead atoms. The quantitative estimate of drug-likeness (QED) is 0.526. The average molecular weight is 416 g/mol. The van der Waals surface area contributed by atoms with E-state index in [0.717, 1.165) is 31.6 Å². The summed E-state index contributed by atoms with van der Waals surface area (Å²) in [5, 5.41) is 13.6. The van der Waals surface area contributed by atoms with Crippen molar-refractivity contribution in [3.05, 3.63) is 70.0 Å². The van der Waals surface area contributed by atoms with Crippen LogP contribution in [0.4, 0.5) is 20.6 Å². The summed E-state index contributed by atoms with van der Waals surface area (Å²) >= 11 is 0. The highest BCUT2D eigenvalue weighted by atomic mass is 19.1. The molecule has 30 heavy (non-hydrogen) atoms. The van der Waals surface area contributed by atoms with Crippen LogP contribution in [-0.2, 0) is 11.3 Å². The summed E-state index contributed by atoms with van der Waals surface area (Å²) in [6.45, 7) is 4.81. The average Bonchev–Trinajstić information content (AvgIpc) is 2.74. The van der Waals surface area contributed by atoms with Crippen molar-refractivity contribution in [2.24, 2.45) is 0 Å². The number of halogens is 1. The fraction of sp³-hybridized carbons (Fsp3) is 0.381. The molecule has 0 aromatic heterocycles. The second-order valence-electron chi connectivity index (χ2n) is 7.09. The van der Waals surface area contributed by atoms with E-state index in [1.54, 1.807) is 23.1 Å². The molecule has 2 amide bonds. The first-order chi connectivity index (χ1) is 14.5. The Bertz CT molecular complexity index is 856. The summed E-state index contributed by atoms with van der Waals surface area (Å²) in [7, 11) is 0. The number of nitro benzene ring substituents is 1. The largest absolute Gasteiger partial charge is 0.379 e. The van der Waals surface area contributed by atoms with Gasteiger partial charge in [0.1, 0.15) is 5.82 Å². The molecule has 0 atom stereocenters. The molecule has 0 radical (unpaired) electrons. The van der Waals surface area contributed by atoms with Gasteiger partial charge < -0.3 is 15.0 Å². The van der Waals surface area contributed by atoms with Gasteiger partial charge in [0, 0.05) is 50.5 Å². The minimum absolute atomic E-state index is 0.00169. The van der Waals surface area contributed by atoms with Gasteiger partial charge in [-0.05, 0) is 30.2 Å². The van der Waals surface area contributed by atoms with Crippen LogP contribution in [0.15, 0.2) is 48.5 Å². The van der Waals surface area contributed by atoms with E-state index in [9.17, 15) is 19.3 Å². The molecule has 1 heterocycles. The van der Waals surface area contributed by atoms with Crippen molar-refractivity contribution in [2.75, 3.05) is 44.7 Å². The van der Waals surface area contributed by atoms with Crippen molar-refractivity contribution in [2.45, 2.75) is 13.0 Å². The number of carbonyl (C=O) groups excluding carboxylic acids is 1. The van der Waals surface area contributed by atoms with E-state index in [1.807, 2.05) is 0 Å². The number of urea groups is 1. The van der Waals surface area contributed by atoms with Crippen molar-refractivity contribution in [1.82, 2.24) is 9.80 Å². The van der Waals surface area contributed by atoms with Gasteiger partial charge in [-0.3, -0.25) is 15.0 Å². The summed E-state index contributed by atoms with van der Waals surface area (Å²) in [4.78, 5) is 27.2. The van der Waals surface area contributed by atoms with Crippen LogP contribution in [0.25, 0.3) is 0 Å². The number of rotatable bonds is 8. The lowest BCUT2D eigenvalue weighted by molar-refractivity contribution is -0.384. The van der Waals surface area contributed by atoms with Gasteiger partial charge >= 0.3 is 6.03 Å². The maximum atomic E-state index is 13.4. The predicted molar refractivity (Wildman–Crippen MR) is 111 cm³/mol. The third-order valence-electron chi connectivity index (χ3n) is 4.89. The van der Waals surface area contributed by atoms with Gasteiger partial charge in [0.05, 0.1) is 18.1 Å². The number of ether oxygens (including phenoxy) is 1. The number of non-ortho nitro benzene ring substituents is 1. The zero-order valence-corrected chi connectivity index (χ0v) is 16.6. The van der Waals surface area contributed by atoms with E-state index in [0.29, 0.717) is 32.0 Å². The number of hydrogen-bond donors (Lipinski definition) is 1. The highest BCUT2D eigenvalue weighted by molar-refractivity contribution is 5.89. The Hall–Kier alpha value is -3.04. The Morgan fingerprint density at radius 1 is 1.20 bits per heavy atom. The molecule has 2 aromatic rings. The molecule has 1 N–H and O–H groups in total. The van der Waals surface area contributed by atoms with Gasteiger partial charge in [-0.15, -0.1) is 0 Å². The first-order valence-corrected chi connectivity index (χ1v) is 9.86. The number of benzene rings is 2. The highest BCUT2D eigenvalue weighted by Gasteiger charge is 2.17. The molecule has 1 aliphatic heterocycles. The molecule has 1 fully saturated rings. The number of carbonyl (C=O) groups is 1. The zero-order valence-electron chi connectivity index (χ0n) is 16.6. The minimum atomic E-state index is -0.458. The van der Waals surface area contributed by atoms with Gasteiger partial charge in [-0.25, -0.2) is 9.18 Å². The van der Waals surface area contributed by atoms with Gasteiger partial charge in [-0.1, -0.05) is 18.2 Å². The highest BCUT2D eigenvalue weighted by Crippen LogP contribution is 2.16. The smallest absolute Gasteiger partial charge is 0.322 e. The number of morpholine rings is 1. The molecule has 2 aromatic carbocycles. The third kappa shape index (κ3) is 6.50. The van der Waals surface area contributed by atoms with Crippen LogP contribution >= 0.6 is 0 Å². The molecule has 8 nitrogen and oxygen atoms in total. The Labute approximate surface area is 174 Å². The molecule has 0 aliphatic carbocycles. The lowest BCUT2D eigenvalue weighted by atomic mass is 10.2. The first kappa shape index (κ1) is 21.7. The normalized spacial score (nSPS) is 14.3. The monoisotopic (exact) mass is 416 g/mol. The predicted octanol–water partition coefficient (Wildman–Crippen LogP) is 3.49. The number of nitrogens with one attached hydrogen (secondary N) is 1. The zero-order chi connectivity index (χ0) is 21.3. The first-order valence-electron chi connectivity index (χ1n) is 9.86. The van der Waals surface area contributed by atoms with Gasteiger partial charge in [0.25, 0.3) is 5.69 Å². The minimum Gasteiger partial charge on any atom is -0.379 e. The Balaban J connectivity index is 1.64. The number of amides is 2. The van der Waals surface area contributed by atoms with Crippen LogP contribution in [0, 0.1) is 15.9 Å². The second-order valence-corrected chi connectivity index (χ2v) is 7.09.